The largest absolute Gasteiger partial charge is 0.243 e. The lowest BCUT2D eigenvalue weighted by Gasteiger charge is -2.41. The molecule has 11 heteroatoms. The second-order valence-electron chi connectivity index (χ2n) is 10.7. The molecule has 2 aliphatic carbocycles. The predicted octanol–water partition coefficient (Wildman–Crippen LogP) is 4.69. The van der Waals surface area contributed by atoms with Gasteiger partial charge in [0.15, 0.2) is 9.84 Å². The van der Waals surface area contributed by atoms with Crippen LogP contribution < -0.4 is 0 Å². The van der Waals surface area contributed by atoms with Gasteiger partial charge in [-0.15, -0.1) is 0 Å². The second-order valence-corrected chi connectivity index (χ2v) is 14.7. The zero-order valence-corrected chi connectivity index (χ0v) is 23.2. The molecule has 0 N–H and O–H groups in total. The first-order valence-electron chi connectivity index (χ1n) is 12.4. The van der Waals surface area contributed by atoms with Gasteiger partial charge in [0.25, 0.3) is 0 Å². The molecule has 0 unspecified atom stereocenters. The van der Waals surface area contributed by atoms with Gasteiger partial charge in [-0.05, 0) is 72.2 Å². The molecule has 0 saturated heterocycles. The molecule has 2 bridgehead atoms. The lowest BCUT2D eigenvalue weighted by Crippen LogP contribution is -2.48. The van der Waals surface area contributed by atoms with E-state index in [9.17, 15) is 25.6 Å². The van der Waals surface area contributed by atoms with E-state index in [4.69, 9.17) is 0 Å². The summed E-state index contributed by atoms with van der Waals surface area (Å²) in [7, 11) is -7.42. The van der Waals surface area contributed by atoms with E-state index in [2.05, 4.69) is 24.0 Å². The van der Waals surface area contributed by atoms with Gasteiger partial charge in [0, 0.05) is 24.8 Å². The normalized spacial score (nSPS) is 22.1. The van der Waals surface area contributed by atoms with E-state index < -0.39 is 36.9 Å². The Balaban J connectivity index is 1.55. The van der Waals surface area contributed by atoms with Crippen LogP contribution in [0.1, 0.15) is 50.8 Å². The monoisotopic (exact) mass is 561 g/mol. The average Bonchev–Trinajstić information content (AvgIpc) is 3.21. The molecule has 2 aliphatic rings. The molecule has 0 radical (unpaired) electrons. The number of rotatable bonds is 7. The summed E-state index contributed by atoms with van der Waals surface area (Å²) in [5, 5.41) is 8.68. The molecular weight excluding hydrogens is 532 g/mol. The van der Waals surface area contributed by atoms with Gasteiger partial charge in [0.05, 0.1) is 26.7 Å². The highest BCUT2D eigenvalue weighted by Crippen LogP contribution is 2.67. The molecule has 7 nitrogen and oxygen atoms in total. The Labute approximate surface area is 221 Å². The second kappa shape index (κ2) is 8.89. The van der Waals surface area contributed by atoms with Crippen molar-refractivity contribution < 1.29 is 25.6 Å². The van der Waals surface area contributed by atoms with Crippen LogP contribution in [-0.4, -0.2) is 50.7 Å². The fraction of sp³-hybridized carbons (Fsp3) is 0.407. The van der Waals surface area contributed by atoms with Gasteiger partial charge in [-0.25, -0.2) is 25.6 Å². The fourth-order valence-electron chi connectivity index (χ4n) is 6.32. The zero-order chi connectivity index (χ0) is 27.7. The predicted molar refractivity (Wildman–Crippen MR) is 139 cm³/mol. The Morgan fingerprint density at radius 1 is 0.974 bits per heavy atom. The van der Waals surface area contributed by atoms with Gasteiger partial charge in [0.1, 0.15) is 11.6 Å². The third-order valence-corrected chi connectivity index (χ3v) is 11.6. The van der Waals surface area contributed by atoms with E-state index in [0.717, 1.165) is 18.2 Å². The first-order chi connectivity index (χ1) is 17.7. The van der Waals surface area contributed by atoms with Crippen LogP contribution in [0.3, 0.4) is 0 Å². The molecule has 2 aromatic carbocycles. The first-order valence-corrected chi connectivity index (χ1v) is 15.7. The van der Waals surface area contributed by atoms with Crippen molar-refractivity contribution in [3.8, 4) is 11.3 Å². The molecule has 202 valence electrons. The molecule has 2 atom stereocenters. The number of benzene rings is 2. The summed E-state index contributed by atoms with van der Waals surface area (Å²) < 4.78 is 81.4. The van der Waals surface area contributed by atoms with Crippen LogP contribution in [0, 0.1) is 17.0 Å². The molecular formula is C27H29F2N3O4S2. The van der Waals surface area contributed by atoms with Crippen LogP contribution >= 0.6 is 0 Å². The number of fused-ring (bicyclic) bond motifs is 5. The summed E-state index contributed by atoms with van der Waals surface area (Å²) in [4.78, 5) is 0.0464. The van der Waals surface area contributed by atoms with Crippen LogP contribution in [0.25, 0.3) is 11.3 Å². The highest BCUT2D eigenvalue weighted by Gasteiger charge is 2.64. The van der Waals surface area contributed by atoms with E-state index in [1.807, 2.05) is 0 Å². The summed E-state index contributed by atoms with van der Waals surface area (Å²) in [6.07, 6.45) is 2.54. The van der Waals surface area contributed by atoms with E-state index in [0.29, 0.717) is 12.1 Å². The highest BCUT2D eigenvalue weighted by molar-refractivity contribution is 7.90. The number of sulfonamides is 1. The van der Waals surface area contributed by atoms with Crippen molar-refractivity contribution in [2.75, 3.05) is 19.3 Å². The van der Waals surface area contributed by atoms with Crippen molar-refractivity contribution in [3.05, 3.63) is 71.4 Å². The van der Waals surface area contributed by atoms with Crippen molar-refractivity contribution in [2.45, 2.75) is 54.7 Å². The van der Waals surface area contributed by atoms with Gasteiger partial charge in [-0.2, -0.15) is 14.5 Å². The number of nitrogens with zero attached hydrogens (tertiary/aromatic N) is 3. The van der Waals surface area contributed by atoms with Crippen LogP contribution in [0.15, 0.2) is 58.3 Å². The van der Waals surface area contributed by atoms with Crippen molar-refractivity contribution in [1.82, 2.24) is 14.5 Å². The fourth-order valence-corrected chi connectivity index (χ4v) is 8.46. The SMILES string of the molecule is CCN(C[C@@]12CC[C@@H](c3cc(-c4c(F)cccc4F)nnc31)C2(C)C)S(=O)(=O)c1ccc(S(C)(=O)=O)cc1. The van der Waals surface area contributed by atoms with Crippen molar-refractivity contribution >= 4 is 19.9 Å². The van der Waals surface area contributed by atoms with E-state index >= 15 is 0 Å². The first kappa shape index (κ1) is 26.8. The maximum Gasteiger partial charge on any atom is 0.243 e. The summed E-state index contributed by atoms with van der Waals surface area (Å²) in [5.41, 5.74) is 0.360. The van der Waals surface area contributed by atoms with Gasteiger partial charge in [0.2, 0.25) is 10.0 Å². The third-order valence-electron chi connectivity index (χ3n) is 8.52. The average molecular weight is 562 g/mol. The molecule has 1 aromatic heterocycles. The van der Waals surface area contributed by atoms with Crippen LogP contribution in [0.4, 0.5) is 8.78 Å². The summed E-state index contributed by atoms with van der Waals surface area (Å²) in [5.74, 6) is -1.42. The highest BCUT2D eigenvalue weighted by atomic mass is 32.2. The lowest BCUT2D eigenvalue weighted by atomic mass is 9.68. The van der Waals surface area contributed by atoms with E-state index in [1.165, 1.54) is 46.8 Å². The van der Waals surface area contributed by atoms with Gasteiger partial charge in [-0.3, -0.25) is 0 Å². The Hall–Kier alpha value is -2.76. The Morgan fingerprint density at radius 2 is 1.58 bits per heavy atom. The van der Waals surface area contributed by atoms with Gasteiger partial charge < -0.3 is 0 Å². The van der Waals surface area contributed by atoms with Crippen LogP contribution in [0.5, 0.6) is 0 Å². The summed E-state index contributed by atoms with van der Waals surface area (Å²) in [6.45, 7) is 6.26. The molecule has 1 heterocycles. The Kier molecular flexibility index (Phi) is 6.28. The molecule has 0 spiro atoms. The van der Waals surface area contributed by atoms with Gasteiger partial charge >= 0.3 is 0 Å². The van der Waals surface area contributed by atoms with Crippen LogP contribution in [0.2, 0.25) is 0 Å². The molecule has 1 saturated carbocycles. The number of hydrogen-bond donors (Lipinski definition) is 0. The molecule has 5 rings (SSSR count). The molecule has 0 amide bonds. The third kappa shape index (κ3) is 3.89. The Morgan fingerprint density at radius 3 is 2.16 bits per heavy atom. The molecule has 1 fully saturated rings. The minimum Gasteiger partial charge on any atom is -0.224 e. The standard InChI is InChI=1S/C27H29F2N3O4S2/c1-5-32(38(35,36)18-11-9-17(10-12-18)37(4,33)34)16-27-14-13-20(26(27,2)3)19-15-23(30-31-25(19)27)24-21(28)7-6-8-22(24)29/h6-12,15,20H,5,13-14,16H2,1-4H3/t20-,27-/m0/s1. The van der Waals surface area contributed by atoms with Crippen molar-refractivity contribution in [3.63, 3.8) is 0 Å². The minimum absolute atomic E-state index is 0.00480. The van der Waals surface area contributed by atoms with Crippen LogP contribution in [-0.2, 0) is 25.3 Å². The van der Waals surface area contributed by atoms with E-state index in [1.54, 1.807) is 13.0 Å². The molecule has 38 heavy (non-hydrogen) atoms. The summed E-state index contributed by atoms with van der Waals surface area (Å²) >= 11 is 0. The minimum atomic E-state index is -3.95. The topological polar surface area (TPSA) is 97.3 Å². The number of aromatic nitrogens is 2. The quantitative estimate of drug-likeness (QED) is 0.415. The van der Waals surface area contributed by atoms with E-state index in [-0.39, 0.29) is 45.5 Å². The molecule has 0 aliphatic heterocycles. The lowest BCUT2D eigenvalue weighted by molar-refractivity contribution is 0.169. The maximum atomic E-state index is 14.5. The maximum absolute atomic E-state index is 14.5. The summed E-state index contributed by atoms with van der Waals surface area (Å²) in [6, 6.07) is 10.6. The Bertz CT molecular complexity index is 1620. The number of likely N-dealkylation sites (N-methyl/N-ethyl adjacent to an activating group) is 1. The number of sulfone groups is 1. The number of halogens is 2. The molecule has 3 aromatic rings. The van der Waals surface area contributed by atoms with Crippen molar-refractivity contribution in [1.29, 1.82) is 0 Å². The zero-order valence-electron chi connectivity index (χ0n) is 21.6. The van der Waals surface area contributed by atoms with Crippen molar-refractivity contribution in [2.24, 2.45) is 5.41 Å². The van der Waals surface area contributed by atoms with Gasteiger partial charge in [-0.1, -0.05) is 26.8 Å². The smallest absolute Gasteiger partial charge is 0.224 e. The number of hydrogen-bond acceptors (Lipinski definition) is 6.